The summed E-state index contributed by atoms with van der Waals surface area (Å²) >= 11 is 0. The summed E-state index contributed by atoms with van der Waals surface area (Å²) in [7, 11) is -2.59. The van der Waals surface area contributed by atoms with Crippen LogP contribution in [0.5, 0.6) is 0 Å². The molecular formula is C14H28O2. The predicted octanol–water partition coefficient (Wildman–Crippen LogP) is 4.47. The molecule has 2 nitrogen and oxygen atoms in total. The predicted molar refractivity (Wildman–Crippen MR) is 68.5 cm³/mol. The van der Waals surface area contributed by atoms with Gasteiger partial charge in [-0.15, -0.1) is 0 Å². The molecule has 0 fully saturated rings. The fourth-order valence-corrected chi connectivity index (χ4v) is 1.81. The van der Waals surface area contributed by atoms with Crippen molar-refractivity contribution < 1.29 is 13.6 Å². The molecule has 96 valence electrons. The highest BCUT2D eigenvalue weighted by molar-refractivity contribution is 5.68. The van der Waals surface area contributed by atoms with Crippen LogP contribution in [-0.2, 0) is 9.53 Å². The summed E-state index contributed by atoms with van der Waals surface area (Å²) < 4.78 is 24.7. The van der Waals surface area contributed by atoms with Gasteiger partial charge in [0.1, 0.15) is 0 Å². The van der Waals surface area contributed by atoms with Gasteiger partial charge in [0, 0.05) is 6.42 Å². The lowest BCUT2D eigenvalue weighted by Gasteiger charge is -2.01. The van der Waals surface area contributed by atoms with E-state index in [2.05, 4.69) is 11.7 Å². The minimum atomic E-state index is -2.59. The van der Waals surface area contributed by atoms with Crippen molar-refractivity contribution in [3.63, 3.8) is 0 Å². The molecule has 0 atom stereocenters. The lowest BCUT2D eigenvalue weighted by atomic mass is 10.1. The number of carbonyl (C=O) groups is 1. The normalized spacial score (nSPS) is 13.9. The van der Waals surface area contributed by atoms with Gasteiger partial charge < -0.3 is 4.74 Å². The molecule has 0 aromatic heterocycles. The molecule has 0 radical (unpaired) electrons. The first-order valence-corrected chi connectivity index (χ1v) is 6.67. The molecule has 0 amide bonds. The van der Waals surface area contributed by atoms with Crippen molar-refractivity contribution >= 4 is 5.97 Å². The molecule has 0 heterocycles. The minimum Gasteiger partial charge on any atom is -0.469 e. The summed E-state index contributed by atoms with van der Waals surface area (Å²) in [5.41, 5.74) is 0. The maximum Gasteiger partial charge on any atom is 0.305 e. The SMILES string of the molecule is [2H]C([2H])([2H])OC(=O)CCCCCCCCCCCC. The number of methoxy groups -OCH3 is 1. The van der Waals surface area contributed by atoms with Gasteiger partial charge in [0.05, 0.1) is 11.2 Å². The average Bonchev–Trinajstić information content (AvgIpc) is 2.29. The number of hydrogen-bond acceptors (Lipinski definition) is 2. The molecule has 16 heavy (non-hydrogen) atoms. The molecule has 0 aliphatic heterocycles. The number of ether oxygens (including phenoxy) is 1. The number of esters is 1. The van der Waals surface area contributed by atoms with E-state index in [1.807, 2.05) is 0 Å². The first-order valence-electron chi connectivity index (χ1n) is 8.17. The van der Waals surface area contributed by atoms with Crippen molar-refractivity contribution in [2.24, 2.45) is 0 Å². The Balaban J connectivity index is 3.21. The Labute approximate surface area is 105 Å². The lowest BCUT2D eigenvalue weighted by molar-refractivity contribution is -0.140. The van der Waals surface area contributed by atoms with Gasteiger partial charge in [0.15, 0.2) is 0 Å². The van der Waals surface area contributed by atoms with Crippen molar-refractivity contribution in [1.82, 2.24) is 0 Å². The van der Waals surface area contributed by atoms with Gasteiger partial charge >= 0.3 is 5.97 Å². The zero-order chi connectivity index (χ0) is 14.6. The van der Waals surface area contributed by atoms with Crippen LogP contribution in [0.25, 0.3) is 0 Å². The van der Waals surface area contributed by atoms with Crippen LogP contribution in [0, 0.1) is 0 Å². The van der Waals surface area contributed by atoms with Crippen LogP contribution in [0.15, 0.2) is 0 Å². The van der Waals surface area contributed by atoms with Crippen molar-refractivity contribution in [1.29, 1.82) is 0 Å². The van der Waals surface area contributed by atoms with Gasteiger partial charge in [-0.25, -0.2) is 0 Å². The second-order valence-electron chi connectivity index (χ2n) is 4.41. The van der Waals surface area contributed by atoms with Gasteiger partial charge in [0.2, 0.25) is 0 Å². The van der Waals surface area contributed by atoms with E-state index in [4.69, 9.17) is 4.11 Å². The number of hydrogen-bond donors (Lipinski definition) is 0. The molecule has 0 aliphatic carbocycles. The Morgan fingerprint density at radius 2 is 1.44 bits per heavy atom. The monoisotopic (exact) mass is 231 g/mol. The van der Waals surface area contributed by atoms with Crippen molar-refractivity contribution in [3.8, 4) is 0 Å². The molecule has 2 heteroatoms. The van der Waals surface area contributed by atoms with Crippen LogP contribution >= 0.6 is 0 Å². The third-order valence-corrected chi connectivity index (χ3v) is 2.85. The topological polar surface area (TPSA) is 26.3 Å². The largest absolute Gasteiger partial charge is 0.469 e. The van der Waals surface area contributed by atoms with Gasteiger partial charge in [-0.3, -0.25) is 4.79 Å². The summed E-state index contributed by atoms with van der Waals surface area (Å²) in [5.74, 6) is -0.612. The first-order chi connectivity index (χ1) is 8.95. The second kappa shape index (κ2) is 12.5. The zero-order valence-corrected chi connectivity index (χ0v) is 10.6. The van der Waals surface area contributed by atoms with Crippen LogP contribution in [0.2, 0.25) is 0 Å². The fraction of sp³-hybridized carbons (Fsp3) is 0.929. The van der Waals surface area contributed by atoms with E-state index >= 15 is 0 Å². The lowest BCUT2D eigenvalue weighted by Crippen LogP contribution is -1.99. The van der Waals surface area contributed by atoms with Crippen molar-refractivity contribution in [2.45, 2.75) is 77.6 Å². The number of unbranched alkanes of at least 4 members (excludes halogenated alkanes) is 9. The molecule has 0 N–H and O–H groups in total. The molecule has 0 saturated carbocycles. The summed E-state index contributed by atoms with van der Waals surface area (Å²) in [5, 5.41) is 0. The van der Waals surface area contributed by atoms with Crippen LogP contribution in [-0.4, -0.2) is 13.0 Å². The minimum absolute atomic E-state index is 0.217. The van der Waals surface area contributed by atoms with E-state index in [0.717, 1.165) is 19.3 Å². The molecular weight excluding hydrogens is 200 g/mol. The van der Waals surface area contributed by atoms with E-state index < -0.39 is 13.0 Å². The first kappa shape index (κ1) is 10.6. The maximum atomic E-state index is 11.1. The van der Waals surface area contributed by atoms with Gasteiger partial charge in [0.25, 0.3) is 0 Å². The molecule has 0 spiro atoms. The molecule has 0 aliphatic rings. The van der Waals surface area contributed by atoms with E-state index in [1.165, 1.54) is 44.9 Å². The second-order valence-corrected chi connectivity index (χ2v) is 4.41. The molecule has 0 rings (SSSR count). The Morgan fingerprint density at radius 3 is 1.94 bits per heavy atom. The standard InChI is InChI=1S/C14H28O2/c1-3-4-5-6-7-8-9-10-11-12-13-14(15)16-2/h3-13H2,1-2H3/i2D3. The van der Waals surface area contributed by atoms with E-state index in [9.17, 15) is 4.79 Å². The third kappa shape index (κ3) is 11.5. The Morgan fingerprint density at radius 1 is 0.938 bits per heavy atom. The molecule has 0 aromatic rings. The smallest absolute Gasteiger partial charge is 0.305 e. The van der Waals surface area contributed by atoms with E-state index in [-0.39, 0.29) is 6.42 Å². The molecule has 0 unspecified atom stereocenters. The van der Waals surface area contributed by atoms with Crippen molar-refractivity contribution in [2.75, 3.05) is 7.04 Å². The van der Waals surface area contributed by atoms with E-state index in [0.29, 0.717) is 0 Å². The highest BCUT2D eigenvalue weighted by Crippen LogP contribution is 2.11. The van der Waals surface area contributed by atoms with Gasteiger partial charge in [-0.2, -0.15) is 0 Å². The van der Waals surface area contributed by atoms with E-state index in [1.54, 1.807) is 0 Å². The number of carbonyl (C=O) groups excluding carboxylic acids is 1. The van der Waals surface area contributed by atoms with Gasteiger partial charge in [-0.05, 0) is 6.42 Å². The summed E-state index contributed by atoms with van der Waals surface area (Å²) in [6, 6.07) is 0. The Kier molecular flexibility index (Phi) is 8.32. The van der Waals surface area contributed by atoms with Crippen LogP contribution in [0.3, 0.4) is 0 Å². The van der Waals surface area contributed by atoms with Gasteiger partial charge in [-0.1, -0.05) is 64.7 Å². The summed E-state index contributed by atoms with van der Waals surface area (Å²) in [6.07, 6.45) is 12.1. The fourth-order valence-electron chi connectivity index (χ4n) is 1.81. The quantitative estimate of drug-likeness (QED) is 0.387. The molecule has 0 aromatic carbocycles. The summed E-state index contributed by atoms with van der Waals surface area (Å²) in [4.78, 5) is 11.1. The molecule has 0 saturated heterocycles. The van der Waals surface area contributed by atoms with Crippen LogP contribution in [0.1, 0.15) is 81.7 Å². The van der Waals surface area contributed by atoms with Crippen LogP contribution < -0.4 is 0 Å². The average molecular weight is 231 g/mol. The van der Waals surface area contributed by atoms with Crippen LogP contribution in [0.4, 0.5) is 0 Å². The zero-order valence-electron chi connectivity index (χ0n) is 13.6. The Hall–Kier alpha value is -0.530. The third-order valence-electron chi connectivity index (χ3n) is 2.85. The maximum absolute atomic E-state index is 11.1. The summed E-state index contributed by atoms with van der Waals surface area (Å²) in [6.45, 7) is 2.22. The Bertz CT molecular complexity index is 227. The molecule has 0 bridgehead atoms. The highest BCUT2D eigenvalue weighted by atomic mass is 16.5. The number of rotatable bonds is 11. The van der Waals surface area contributed by atoms with Crippen molar-refractivity contribution in [3.05, 3.63) is 0 Å². The highest BCUT2D eigenvalue weighted by Gasteiger charge is 1.98.